The van der Waals surface area contributed by atoms with Crippen molar-refractivity contribution in [2.75, 3.05) is 11.8 Å². The lowest BCUT2D eigenvalue weighted by Crippen LogP contribution is -2.15. The van der Waals surface area contributed by atoms with E-state index in [4.69, 9.17) is 0 Å². The molecule has 19 heavy (non-hydrogen) atoms. The molecule has 0 aliphatic heterocycles. The standard InChI is InChI=1S/C12H15N3O2S2/c1-9-3-4-10(7-14-9)15-19(16,17)12-5-6-18-11(12)8-13-2/h3-7,13,15H,8H2,1-2H3. The van der Waals surface area contributed by atoms with E-state index in [1.54, 1.807) is 30.6 Å². The van der Waals surface area contributed by atoms with Gasteiger partial charge in [-0.15, -0.1) is 11.3 Å². The zero-order valence-electron chi connectivity index (χ0n) is 10.7. The van der Waals surface area contributed by atoms with Crippen molar-refractivity contribution in [3.05, 3.63) is 40.3 Å². The summed E-state index contributed by atoms with van der Waals surface area (Å²) in [6, 6.07) is 5.07. The van der Waals surface area contributed by atoms with Gasteiger partial charge in [-0.2, -0.15) is 0 Å². The largest absolute Gasteiger partial charge is 0.315 e. The first-order chi connectivity index (χ1) is 9.03. The summed E-state index contributed by atoms with van der Waals surface area (Å²) in [4.78, 5) is 5.17. The molecule has 0 radical (unpaired) electrons. The van der Waals surface area contributed by atoms with Gasteiger partial charge in [-0.25, -0.2) is 8.42 Å². The van der Waals surface area contributed by atoms with Crippen molar-refractivity contribution >= 4 is 27.0 Å². The van der Waals surface area contributed by atoms with E-state index >= 15 is 0 Å². The van der Waals surface area contributed by atoms with Gasteiger partial charge in [0.2, 0.25) is 0 Å². The molecule has 0 saturated carbocycles. The molecule has 0 fully saturated rings. The molecule has 102 valence electrons. The van der Waals surface area contributed by atoms with E-state index in [1.165, 1.54) is 17.5 Å². The normalized spacial score (nSPS) is 11.5. The summed E-state index contributed by atoms with van der Waals surface area (Å²) in [6.45, 7) is 2.38. The molecular formula is C12H15N3O2S2. The number of anilines is 1. The molecule has 0 saturated heterocycles. The fraction of sp³-hybridized carbons (Fsp3) is 0.250. The van der Waals surface area contributed by atoms with Crippen molar-refractivity contribution in [2.45, 2.75) is 18.4 Å². The molecule has 2 heterocycles. The SMILES string of the molecule is CNCc1sccc1S(=O)(=O)Nc1ccc(C)nc1. The molecule has 0 amide bonds. The van der Waals surface area contributed by atoms with Crippen molar-refractivity contribution < 1.29 is 8.42 Å². The summed E-state index contributed by atoms with van der Waals surface area (Å²) in [6.07, 6.45) is 1.51. The molecule has 0 bridgehead atoms. The van der Waals surface area contributed by atoms with Crippen LogP contribution >= 0.6 is 11.3 Å². The highest BCUT2D eigenvalue weighted by molar-refractivity contribution is 7.93. The Morgan fingerprint density at radius 2 is 2.11 bits per heavy atom. The second-order valence-electron chi connectivity index (χ2n) is 4.03. The summed E-state index contributed by atoms with van der Waals surface area (Å²) >= 11 is 1.42. The predicted molar refractivity (Wildman–Crippen MR) is 76.9 cm³/mol. The molecule has 2 aromatic rings. The first-order valence-corrected chi connectivity index (χ1v) is 8.05. The summed E-state index contributed by atoms with van der Waals surface area (Å²) in [5.74, 6) is 0. The van der Waals surface area contributed by atoms with Crippen molar-refractivity contribution in [3.8, 4) is 0 Å². The Morgan fingerprint density at radius 1 is 1.32 bits per heavy atom. The fourth-order valence-corrected chi connectivity index (χ4v) is 4.10. The van der Waals surface area contributed by atoms with Crippen LogP contribution in [-0.4, -0.2) is 20.4 Å². The number of aromatic nitrogens is 1. The van der Waals surface area contributed by atoms with Crippen molar-refractivity contribution in [2.24, 2.45) is 0 Å². The zero-order valence-corrected chi connectivity index (χ0v) is 12.3. The molecule has 2 rings (SSSR count). The Kier molecular flexibility index (Phi) is 4.18. The van der Waals surface area contributed by atoms with Crippen LogP contribution in [0.5, 0.6) is 0 Å². The molecule has 7 heteroatoms. The summed E-state index contributed by atoms with van der Waals surface area (Å²) in [5, 5.41) is 4.73. The summed E-state index contributed by atoms with van der Waals surface area (Å²) in [7, 11) is -1.77. The Bertz CT molecular complexity index is 648. The summed E-state index contributed by atoms with van der Waals surface area (Å²) < 4.78 is 27.1. The van der Waals surface area contributed by atoms with Crippen LogP contribution in [0.4, 0.5) is 5.69 Å². The number of hydrogen-bond donors (Lipinski definition) is 2. The van der Waals surface area contributed by atoms with Crippen LogP contribution in [0, 0.1) is 6.92 Å². The molecule has 0 aliphatic rings. The lowest BCUT2D eigenvalue weighted by Gasteiger charge is -2.08. The van der Waals surface area contributed by atoms with E-state index < -0.39 is 10.0 Å². The molecule has 2 N–H and O–H groups in total. The van der Waals surface area contributed by atoms with Crippen molar-refractivity contribution in [1.29, 1.82) is 0 Å². The first-order valence-electron chi connectivity index (χ1n) is 5.69. The average Bonchev–Trinajstić information content (AvgIpc) is 2.81. The minimum atomic E-state index is -3.56. The number of nitrogens with one attached hydrogen (secondary N) is 2. The number of hydrogen-bond acceptors (Lipinski definition) is 5. The van der Waals surface area contributed by atoms with Crippen molar-refractivity contribution in [1.82, 2.24) is 10.3 Å². The predicted octanol–water partition coefficient (Wildman–Crippen LogP) is 1.97. The number of aryl methyl sites for hydroxylation is 1. The minimum absolute atomic E-state index is 0.312. The lowest BCUT2D eigenvalue weighted by molar-refractivity contribution is 0.600. The Hall–Kier alpha value is -1.44. The van der Waals surface area contributed by atoms with Crippen LogP contribution < -0.4 is 10.0 Å². The fourth-order valence-electron chi connectivity index (χ4n) is 1.60. The number of pyridine rings is 1. The minimum Gasteiger partial charge on any atom is -0.315 e. The van der Waals surface area contributed by atoms with Gasteiger partial charge in [0.05, 0.1) is 11.9 Å². The highest BCUT2D eigenvalue weighted by Crippen LogP contribution is 2.24. The average molecular weight is 297 g/mol. The molecule has 0 spiro atoms. The third-order valence-electron chi connectivity index (χ3n) is 2.49. The second-order valence-corrected chi connectivity index (χ2v) is 6.68. The van der Waals surface area contributed by atoms with E-state index in [2.05, 4.69) is 15.0 Å². The molecular weight excluding hydrogens is 282 g/mol. The van der Waals surface area contributed by atoms with Crippen LogP contribution in [0.1, 0.15) is 10.6 Å². The highest BCUT2D eigenvalue weighted by Gasteiger charge is 2.19. The molecule has 0 aromatic carbocycles. The van der Waals surface area contributed by atoms with Gasteiger partial charge in [-0.05, 0) is 37.6 Å². The van der Waals surface area contributed by atoms with E-state index in [1.807, 2.05) is 6.92 Å². The molecule has 5 nitrogen and oxygen atoms in total. The van der Waals surface area contributed by atoms with Gasteiger partial charge in [-0.1, -0.05) is 0 Å². The van der Waals surface area contributed by atoms with Crippen LogP contribution in [0.2, 0.25) is 0 Å². The first kappa shape index (κ1) is 14.0. The lowest BCUT2D eigenvalue weighted by atomic mass is 10.4. The maximum absolute atomic E-state index is 12.3. The topological polar surface area (TPSA) is 71.1 Å². The summed E-state index contributed by atoms with van der Waals surface area (Å²) in [5.41, 5.74) is 1.31. The van der Waals surface area contributed by atoms with Gasteiger partial charge in [0.1, 0.15) is 4.90 Å². The van der Waals surface area contributed by atoms with E-state index in [9.17, 15) is 8.42 Å². The van der Waals surface area contributed by atoms with Gasteiger partial charge in [0.15, 0.2) is 0 Å². The van der Waals surface area contributed by atoms with Crippen molar-refractivity contribution in [3.63, 3.8) is 0 Å². The Morgan fingerprint density at radius 3 is 2.74 bits per heavy atom. The maximum atomic E-state index is 12.3. The number of nitrogens with zero attached hydrogens (tertiary/aromatic N) is 1. The van der Waals surface area contributed by atoms with Gasteiger partial charge >= 0.3 is 0 Å². The molecule has 0 aliphatic carbocycles. The highest BCUT2D eigenvalue weighted by atomic mass is 32.2. The van der Waals surface area contributed by atoms with Crippen LogP contribution in [0.15, 0.2) is 34.7 Å². The molecule has 0 atom stereocenters. The number of rotatable bonds is 5. The Labute approximate surface area is 116 Å². The van der Waals surface area contributed by atoms with Crippen LogP contribution in [0.25, 0.3) is 0 Å². The zero-order chi connectivity index (χ0) is 13.9. The van der Waals surface area contributed by atoms with Gasteiger partial charge < -0.3 is 5.32 Å². The quantitative estimate of drug-likeness (QED) is 0.885. The van der Waals surface area contributed by atoms with Gasteiger partial charge in [-0.3, -0.25) is 9.71 Å². The van der Waals surface area contributed by atoms with Gasteiger partial charge in [0, 0.05) is 17.1 Å². The monoisotopic (exact) mass is 297 g/mol. The third kappa shape index (κ3) is 3.31. The number of sulfonamides is 1. The van der Waals surface area contributed by atoms with Crippen LogP contribution in [-0.2, 0) is 16.6 Å². The van der Waals surface area contributed by atoms with E-state index in [0.717, 1.165) is 10.6 Å². The van der Waals surface area contributed by atoms with E-state index in [-0.39, 0.29) is 0 Å². The maximum Gasteiger partial charge on any atom is 0.263 e. The smallest absolute Gasteiger partial charge is 0.263 e. The van der Waals surface area contributed by atoms with E-state index in [0.29, 0.717) is 17.1 Å². The molecule has 2 aromatic heterocycles. The third-order valence-corrected chi connectivity index (χ3v) is 5.01. The van der Waals surface area contributed by atoms with Gasteiger partial charge in [0.25, 0.3) is 10.0 Å². The molecule has 0 unspecified atom stereocenters. The second kappa shape index (κ2) is 5.68. The Balaban J connectivity index is 2.27. The van der Waals surface area contributed by atoms with Crippen LogP contribution in [0.3, 0.4) is 0 Å². The number of thiophene rings is 1.